The van der Waals surface area contributed by atoms with Crippen molar-refractivity contribution in [2.24, 2.45) is 5.73 Å². The first-order chi connectivity index (χ1) is 2.73. The van der Waals surface area contributed by atoms with Gasteiger partial charge >= 0.3 is 27.0 Å². The van der Waals surface area contributed by atoms with E-state index < -0.39 is 5.96 Å². The summed E-state index contributed by atoms with van der Waals surface area (Å²) in [4.78, 5) is 0. The zero-order chi connectivity index (χ0) is 5.58. The molecule has 0 aliphatic heterocycles. The summed E-state index contributed by atoms with van der Waals surface area (Å²) in [5, 5.41) is 5.94. The van der Waals surface area contributed by atoms with Crippen LogP contribution in [-0.2, 0) is 17.3 Å². The van der Waals surface area contributed by atoms with Crippen molar-refractivity contribution in [1.82, 2.24) is 0 Å². The number of halogens is 1. The predicted octanol–water partition coefficient (Wildman–Crippen LogP) is 0.619. The Morgan fingerprint density at radius 2 is 1.83 bits per heavy atom. The van der Waals surface area contributed by atoms with Crippen LogP contribution >= 0.6 is 9.69 Å². The molecule has 3 nitrogen and oxygen atoms in total. The van der Waals surface area contributed by atoms with Crippen molar-refractivity contribution < 1.29 is 17.3 Å². The van der Waals surface area contributed by atoms with E-state index in [0.717, 1.165) is 17.3 Å². The van der Waals surface area contributed by atoms with Crippen molar-refractivity contribution in [3.8, 4) is 0 Å². The first kappa shape index (κ1) is 9.49. The Kier molecular flexibility index (Phi) is 14.2. The van der Waals surface area contributed by atoms with Crippen LogP contribution < -0.4 is 5.73 Å². The van der Waals surface area contributed by atoms with E-state index >= 15 is 0 Å². The third kappa shape index (κ3) is 1260. The van der Waals surface area contributed by atoms with Gasteiger partial charge in [-0.3, -0.25) is 0 Å². The van der Waals surface area contributed by atoms with Gasteiger partial charge < -0.3 is 16.9 Å². The molecule has 0 bridgehead atoms. The van der Waals surface area contributed by atoms with Crippen LogP contribution in [0.3, 0.4) is 0 Å². The minimum atomic E-state index is -0.583. The van der Waals surface area contributed by atoms with E-state index in [0.29, 0.717) is 0 Å². The van der Waals surface area contributed by atoms with Gasteiger partial charge in [-0.15, -0.1) is 0 Å². The summed E-state index contributed by atoms with van der Waals surface area (Å²) in [6.45, 7) is 0. The zero-order valence-corrected chi connectivity index (χ0v) is 6.89. The molecular formula is CH4ClN3Zn. The van der Waals surface area contributed by atoms with Gasteiger partial charge in [-0.1, -0.05) is 0 Å². The fourth-order valence-electron chi connectivity index (χ4n) is 0. The number of nitrogens with one attached hydrogen (secondary N) is 2. The third-order valence-corrected chi connectivity index (χ3v) is 0. The fraction of sp³-hybridized carbons (Fsp3) is 0. The average molecular weight is 159 g/mol. The van der Waals surface area contributed by atoms with Gasteiger partial charge in [-0.2, -0.15) is 0 Å². The molecule has 6 heavy (non-hydrogen) atoms. The van der Waals surface area contributed by atoms with Crippen molar-refractivity contribution in [3.63, 3.8) is 0 Å². The van der Waals surface area contributed by atoms with Crippen molar-refractivity contribution in [2.45, 2.75) is 0 Å². The predicted molar refractivity (Wildman–Crippen MR) is 22.1 cm³/mol. The molecule has 0 unspecified atom stereocenters. The van der Waals surface area contributed by atoms with E-state index in [1.165, 1.54) is 0 Å². The molecule has 0 saturated heterocycles. The van der Waals surface area contributed by atoms with Gasteiger partial charge in [0.1, 0.15) is 0 Å². The van der Waals surface area contributed by atoms with Gasteiger partial charge in [0.05, 0.1) is 0 Å². The molecule has 0 aliphatic rings. The molecule has 0 radical (unpaired) electrons. The fourth-order valence-corrected chi connectivity index (χ4v) is 0. The first-order valence-electron chi connectivity index (χ1n) is 1.06. The quantitative estimate of drug-likeness (QED) is 0.303. The van der Waals surface area contributed by atoms with Crippen LogP contribution in [0.25, 0.3) is 5.73 Å². The average Bonchev–Trinajstić information content (AvgIpc) is 1.41. The monoisotopic (exact) mass is 157 g/mol. The molecule has 0 aromatic heterocycles. The van der Waals surface area contributed by atoms with Crippen LogP contribution in [0.5, 0.6) is 0 Å². The summed E-state index contributed by atoms with van der Waals surface area (Å²) >= 11 is 0.847. The third-order valence-electron chi connectivity index (χ3n) is 0. The molecule has 0 saturated carbocycles. The van der Waals surface area contributed by atoms with Gasteiger partial charge in [-0.05, 0) is 5.96 Å². The first-order valence-corrected chi connectivity index (χ1v) is 4.95. The number of hydrogen-bond acceptors (Lipinski definition) is 1. The summed E-state index contributed by atoms with van der Waals surface area (Å²) in [6.07, 6.45) is 0. The SMILES string of the molecule is N=C([NH-])N.[Cl][Zn+]. The van der Waals surface area contributed by atoms with E-state index in [4.69, 9.17) is 20.8 Å². The molecule has 5 heteroatoms. The Hall–Kier alpha value is 0.183. The van der Waals surface area contributed by atoms with E-state index in [-0.39, 0.29) is 0 Å². The van der Waals surface area contributed by atoms with E-state index in [9.17, 15) is 0 Å². The summed E-state index contributed by atoms with van der Waals surface area (Å²) in [5.74, 6) is -0.583. The van der Waals surface area contributed by atoms with Gasteiger partial charge in [0.15, 0.2) is 0 Å². The normalized spacial score (nSPS) is 5.17. The topological polar surface area (TPSA) is 73.7 Å². The standard InChI is InChI=1S/CH4N3.ClH.Zn/c2-1(3)4;;/h(H4-,2,3,4);1H;/q-1;;+2/p-1. The molecule has 0 rings (SSSR count). The molecule has 0 fully saturated rings. The van der Waals surface area contributed by atoms with Crippen molar-refractivity contribution in [3.05, 3.63) is 5.73 Å². The van der Waals surface area contributed by atoms with Crippen LogP contribution in [0.15, 0.2) is 0 Å². The van der Waals surface area contributed by atoms with Crippen molar-refractivity contribution >= 4 is 15.7 Å². The second kappa shape index (κ2) is 8.95. The molecular weight excluding hydrogens is 155 g/mol. The van der Waals surface area contributed by atoms with Gasteiger partial charge in [-0.25, -0.2) is 0 Å². The molecule has 0 spiro atoms. The molecule has 0 amide bonds. The summed E-state index contributed by atoms with van der Waals surface area (Å²) < 4.78 is 0. The second-order valence-electron chi connectivity index (χ2n) is 0.414. The van der Waals surface area contributed by atoms with E-state index in [2.05, 4.69) is 5.73 Å². The summed E-state index contributed by atoms with van der Waals surface area (Å²) in [5.41, 5.74) is 10.3. The van der Waals surface area contributed by atoms with Crippen LogP contribution in [-0.4, -0.2) is 5.96 Å². The van der Waals surface area contributed by atoms with Crippen LogP contribution in [0.4, 0.5) is 0 Å². The Bertz CT molecular complexity index is 33.8. The number of nitrogens with two attached hydrogens (primary N) is 1. The second-order valence-corrected chi connectivity index (χ2v) is 0.414. The zero-order valence-electron chi connectivity index (χ0n) is 3.16. The Morgan fingerprint density at radius 3 is 1.83 bits per heavy atom. The van der Waals surface area contributed by atoms with Gasteiger partial charge in [0.25, 0.3) is 0 Å². The Morgan fingerprint density at radius 1 is 1.83 bits per heavy atom. The number of hydrogen-bond donors (Lipinski definition) is 2. The van der Waals surface area contributed by atoms with Crippen molar-refractivity contribution in [2.75, 3.05) is 0 Å². The van der Waals surface area contributed by atoms with Gasteiger partial charge in [0.2, 0.25) is 0 Å². The van der Waals surface area contributed by atoms with E-state index in [1.54, 1.807) is 0 Å². The van der Waals surface area contributed by atoms with E-state index in [1.807, 2.05) is 0 Å². The Balaban J connectivity index is 0. The molecule has 0 atom stereocenters. The van der Waals surface area contributed by atoms with Crippen LogP contribution in [0.1, 0.15) is 0 Å². The summed E-state index contributed by atoms with van der Waals surface area (Å²) in [6, 6.07) is 0. The molecule has 4 N–H and O–H groups in total. The van der Waals surface area contributed by atoms with Gasteiger partial charge in [0, 0.05) is 0 Å². The number of rotatable bonds is 0. The maximum atomic E-state index is 5.94. The molecule has 0 aromatic rings. The van der Waals surface area contributed by atoms with Crippen LogP contribution in [0, 0.1) is 5.41 Å². The molecule has 0 aliphatic carbocycles. The summed E-state index contributed by atoms with van der Waals surface area (Å²) in [7, 11) is 4.76. The van der Waals surface area contributed by atoms with Crippen molar-refractivity contribution in [1.29, 1.82) is 5.41 Å². The van der Waals surface area contributed by atoms with Crippen LogP contribution in [0.2, 0.25) is 0 Å². The maximum absolute atomic E-state index is 5.94. The minimum absolute atomic E-state index is 0.583. The number of guanidine groups is 1. The Labute approximate surface area is 50.3 Å². The molecule has 0 aromatic carbocycles. The molecule has 0 heterocycles. The molecule has 32 valence electrons.